The Balaban J connectivity index is 1.47. The van der Waals surface area contributed by atoms with Gasteiger partial charge in [0.25, 0.3) is 0 Å². The number of ether oxygens (including phenoxy) is 3. The van der Waals surface area contributed by atoms with Crippen molar-refractivity contribution in [2.75, 3.05) is 31.8 Å². The van der Waals surface area contributed by atoms with E-state index in [4.69, 9.17) is 25.8 Å². The van der Waals surface area contributed by atoms with Crippen LogP contribution in [0.1, 0.15) is 79.8 Å². The first-order valence-corrected chi connectivity index (χ1v) is 16.3. The fourth-order valence-electron chi connectivity index (χ4n) is 6.75. The maximum absolute atomic E-state index is 13.7. The minimum atomic E-state index is -0.913. The maximum Gasteiger partial charge on any atom is 0.309 e. The van der Waals surface area contributed by atoms with E-state index in [0.29, 0.717) is 29.7 Å². The molecule has 1 saturated heterocycles. The van der Waals surface area contributed by atoms with Crippen molar-refractivity contribution in [3.63, 3.8) is 0 Å². The Bertz CT molecular complexity index is 1500. The molecular weight excluding hydrogens is 592 g/mol. The van der Waals surface area contributed by atoms with Crippen LogP contribution >= 0.6 is 11.6 Å². The molecule has 2 N–H and O–H groups in total. The molecule has 0 spiro atoms. The van der Waals surface area contributed by atoms with Gasteiger partial charge in [0, 0.05) is 29.2 Å². The van der Waals surface area contributed by atoms with E-state index >= 15 is 0 Å². The first-order chi connectivity index (χ1) is 21.7. The molecule has 0 radical (unpaired) electrons. The standard InChI is InChI=1S/C36H43ClN2O6/c1-5-8-9-16-43-27-12-10-25(11-13-27)34-32(36(41)42)29(28-14-15-30-35(22(28)4)45-21-44-30)19-39(34)20-31(40)38-33-23(6-2)17-26(37)18-24(33)7-3/h10-15,17-18,29,32,34H,5-9,16,19-21H2,1-4H3,(H,38,40)(H,41,42)/t29-,32?,34+/m1/s1. The van der Waals surface area contributed by atoms with Gasteiger partial charge in [-0.25, -0.2) is 0 Å². The van der Waals surface area contributed by atoms with Gasteiger partial charge >= 0.3 is 5.97 Å². The molecule has 2 aliphatic rings. The summed E-state index contributed by atoms with van der Waals surface area (Å²) in [6.07, 6.45) is 4.64. The summed E-state index contributed by atoms with van der Waals surface area (Å²) in [6, 6.07) is 14.7. The molecule has 3 aromatic carbocycles. The number of nitrogens with one attached hydrogen (secondary N) is 1. The summed E-state index contributed by atoms with van der Waals surface area (Å²) in [4.78, 5) is 28.8. The van der Waals surface area contributed by atoms with Gasteiger partial charge in [-0.2, -0.15) is 0 Å². The largest absolute Gasteiger partial charge is 0.494 e. The van der Waals surface area contributed by atoms with Crippen molar-refractivity contribution in [3.8, 4) is 17.2 Å². The van der Waals surface area contributed by atoms with Gasteiger partial charge in [-0.15, -0.1) is 0 Å². The molecule has 0 bridgehead atoms. The zero-order chi connectivity index (χ0) is 32.1. The lowest BCUT2D eigenvalue weighted by molar-refractivity contribution is -0.143. The van der Waals surface area contributed by atoms with Crippen LogP contribution in [-0.2, 0) is 22.4 Å². The number of rotatable bonds is 13. The van der Waals surface area contributed by atoms with E-state index in [0.717, 1.165) is 71.4 Å². The highest BCUT2D eigenvalue weighted by molar-refractivity contribution is 6.30. The molecule has 5 rings (SSSR count). The van der Waals surface area contributed by atoms with Crippen molar-refractivity contribution in [1.82, 2.24) is 4.90 Å². The first-order valence-electron chi connectivity index (χ1n) is 15.9. The number of unbranched alkanes of at least 4 members (excludes halogenated alkanes) is 2. The van der Waals surface area contributed by atoms with Crippen LogP contribution in [0.5, 0.6) is 17.2 Å². The van der Waals surface area contributed by atoms with Crippen LogP contribution < -0.4 is 19.5 Å². The minimum absolute atomic E-state index is 0.0265. The summed E-state index contributed by atoms with van der Waals surface area (Å²) in [6.45, 7) is 9.34. The zero-order valence-corrected chi connectivity index (χ0v) is 27.3. The summed E-state index contributed by atoms with van der Waals surface area (Å²) in [7, 11) is 0. The van der Waals surface area contributed by atoms with E-state index in [-0.39, 0.29) is 25.2 Å². The third-order valence-corrected chi connectivity index (χ3v) is 9.21. The molecular formula is C36H43ClN2O6. The van der Waals surface area contributed by atoms with Crippen LogP contribution in [-0.4, -0.2) is 48.4 Å². The van der Waals surface area contributed by atoms with Gasteiger partial charge in [-0.1, -0.05) is 63.4 Å². The van der Waals surface area contributed by atoms with Gasteiger partial charge in [0.15, 0.2) is 11.5 Å². The summed E-state index contributed by atoms with van der Waals surface area (Å²) in [5.41, 5.74) is 5.30. The molecule has 0 aromatic heterocycles. The number of anilines is 1. The molecule has 2 heterocycles. The number of halogens is 1. The second kappa shape index (κ2) is 14.6. The predicted molar refractivity (Wildman–Crippen MR) is 176 cm³/mol. The van der Waals surface area contributed by atoms with Crippen LogP contribution in [0.25, 0.3) is 0 Å². The Kier molecular flexibility index (Phi) is 10.6. The van der Waals surface area contributed by atoms with Gasteiger partial charge in [-0.05, 0) is 84.3 Å². The Morgan fingerprint density at radius 2 is 1.73 bits per heavy atom. The number of carbonyl (C=O) groups excluding carboxylic acids is 1. The lowest BCUT2D eigenvalue weighted by Gasteiger charge is -2.27. The molecule has 3 atom stereocenters. The van der Waals surface area contributed by atoms with E-state index in [2.05, 4.69) is 12.2 Å². The Morgan fingerprint density at radius 1 is 1.02 bits per heavy atom. The lowest BCUT2D eigenvalue weighted by atomic mass is 9.81. The Hall–Kier alpha value is -3.75. The fraction of sp³-hybridized carbons (Fsp3) is 0.444. The molecule has 1 unspecified atom stereocenters. The van der Waals surface area contributed by atoms with Gasteiger partial charge in [-0.3, -0.25) is 14.5 Å². The second-order valence-corrected chi connectivity index (χ2v) is 12.3. The minimum Gasteiger partial charge on any atom is -0.494 e. The number of carboxylic acids is 1. The zero-order valence-electron chi connectivity index (χ0n) is 26.5. The van der Waals surface area contributed by atoms with Crippen LogP contribution in [0.4, 0.5) is 5.69 Å². The molecule has 2 aliphatic heterocycles. The molecule has 0 saturated carbocycles. The predicted octanol–water partition coefficient (Wildman–Crippen LogP) is 7.55. The van der Waals surface area contributed by atoms with Crippen molar-refractivity contribution < 1.29 is 28.9 Å². The number of hydrogen-bond donors (Lipinski definition) is 2. The SMILES string of the molecule is CCCCCOc1ccc([C@H]2C(C(=O)O)[C@@H](c3ccc4c(c3C)OCO4)CN2CC(=O)Nc2c(CC)cc(Cl)cc2CC)cc1. The van der Waals surface area contributed by atoms with E-state index in [1.54, 1.807) is 0 Å². The van der Waals surface area contributed by atoms with Crippen molar-refractivity contribution >= 4 is 29.2 Å². The van der Waals surface area contributed by atoms with Crippen LogP contribution in [0.2, 0.25) is 5.02 Å². The van der Waals surface area contributed by atoms with E-state index in [1.165, 1.54) is 0 Å². The Labute approximate surface area is 270 Å². The summed E-state index contributed by atoms with van der Waals surface area (Å²) < 4.78 is 17.2. The number of carbonyl (C=O) groups is 2. The normalized spacial score (nSPS) is 19.1. The summed E-state index contributed by atoms with van der Waals surface area (Å²) in [5, 5.41) is 14.5. The highest BCUT2D eigenvalue weighted by Gasteiger charge is 2.48. The molecule has 1 amide bonds. The number of aryl methyl sites for hydroxylation is 2. The molecule has 1 fully saturated rings. The number of hydrogen-bond acceptors (Lipinski definition) is 6. The summed E-state index contributed by atoms with van der Waals surface area (Å²) >= 11 is 6.36. The lowest BCUT2D eigenvalue weighted by Crippen LogP contribution is -2.35. The average molecular weight is 635 g/mol. The van der Waals surface area contributed by atoms with Crippen LogP contribution in [0.3, 0.4) is 0 Å². The molecule has 45 heavy (non-hydrogen) atoms. The number of fused-ring (bicyclic) bond motifs is 1. The van der Waals surface area contributed by atoms with Gasteiger partial charge in [0.05, 0.1) is 19.1 Å². The fourth-order valence-corrected chi connectivity index (χ4v) is 7.01. The van der Waals surface area contributed by atoms with E-state index in [1.807, 2.05) is 74.2 Å². The molecule has 3 aromatic rings. The maximum atomic E-state index is 13.7. The molecule has 9 heteroatoms. The second-order valence-electron chi connectivity index (χ2n) is 11.8. The van der Waals surface area contributed by atoms with Crippen molar-refractivity contribution in [3.05, 3.63) is 81.4 Å². The topological polar surface area (TPSA) is 97.3 Å². The van der Waals surface area contributed by atoms with Gasteiger partial charge in [0.2, 0.25) is 12.7 Å². The smallest absolute Gasteiger partial charge is 0.309 e. The van der Waals surface area contributed by atoms with E-state index in [9.17, 15) is 14.7 Å². The van der Waals surface area contributed by atoms with Gasteiger partial charge < -0.3 is 24.6 Å². The number of aliphatic carboxylic acids is 1. The van der Waals surface area contributed by atoms with Crippen LogP contribution in [0.15, 0.2) is 48.5 Å². The number of amides is 1. The molecule has 240 valence electrons. The third kappa shape index (κ3) is 7.07. The monoisotopic (exact) mass is 634 g/mol. The van der Waals surface area contributed by atoms with Crippen molar-refractivity contribution in [2.24, 2.45) is 5.92 Å². The number of benzene rings is 3. The first kappa shape index (κ1) is 32.6. The summed E-state index contributed by atoms with van der Waals surface area (Å²) in [5.74, 6) is -0.248. The third-order valence-electron chi connectivity index (χ3n) is 8.99. The van der Waals surface area contributed by atoms with Crippen molar-refractivity contribution in [1.29, 1.82) is 0 Å². The average Bonchev–Trinajstić information content (AvgIpc) is 3.66. The highest BCUT2D eigenvalue weighted by atomic mass is 35.5. The van der Waals surface area contributed by atoms with E-state index < -0.39 is 17.9 Å². The Morgan fingerprint density at radius 3 is 2.38 bits per heavy atom. The number of nitrogens with zero attached hydrogens (tertiary/aromatic N) is 1. The van der Waals surface area contributed by atoms with Gasteiger partial charge in [0.1, 0.15) is 5.75 Å². The number of likely N-dealkylation sites (tertiary alicyclic amines) is 1. The van der Waals surface area contributed by atoms with Crippen LogP contribution in [0, 0.1) is 12.8 Å². The molecule has 8 nitrogen and oxygen atoms in total. The quantitative estimate of drug-likeness (QED) is 0.187. The number of carboxylic acid groups (broad SMARTS) is 1. The molecule has 0 aliphatic carbocycles. The van der Waals surface area contributed by atoms with Crippen molar-refractivity contribution in [2.45, 2.75) is 71.8 Å². The highest BCUT2D eigenvalue weighted by Crippen LogP contribution is 2.49.